The van der Waals surface area contributed by atoms with Gasteiger partial charge in [0.2, 0.25) is 0 Å². The van der Waals surface area contributed by atoms with Crippen molar-refractivity contribution in [3.63, 3.8) is 0 Å². The molecule has 20 heavy (non-hydrogen) atoms. The Hall–Kier alpha value is -1.66. The fraction of sp³-hybridized carbons (Fsp3) is 0.143. The highest BCUT2D eigenvalue weighted by atomic mass is 79.9. The molecular formula is C14H11BrN2O2S. The van der Waals surface area contributed by atoms with Crippen LogP contribution in [0.25, 0.3) is 11.0 Å². The topological polar surface area (TPSA) is 55.1 Å². The van der Waals surface area contributed by atoms with Crippen molar-refractivity contribution in [1.82, 2.24) is 4.98 Å². The van der Waals surface area contributed by atoms with Crippen LogP contribution < -0.4 is 5.32 Å². The summed E-state index contributed by atoms with van der Waals surface area (Å²) >= 11 is 4.86. The van der Waals surface area contributed by atoms with Crippen molar-refractivity contribution in [3.8, 4) is 0 Å². The minimum absolute atomic E-state index is 0.275. The Balaban J connectivity index is 1.90. The number of para-hydroxylation sites is 1. The maximum Gasteiger partial charge on any atom is 0.293 e. The third kappa shape index (κ3) is 2.36. The molecule has 1 aromatic carbocycles. The van der Waals surface area contributed by atoms with Gasteiger partial charge >= 0.3 is 0 Å². The number of rotatable bonds is 2. The predicted molar refractivity (Wildman–Crippen MR) is 83.5 cm³/mol. The van der Waals surface area contributed by atoms with Gasteiger partial charge < -0.3 is 4.42 Å². The van der Waals surface area contributed by atoms with Crippen LogP contribution in [0.4, 0.5) is 5.13 Å². The van der Waals surface area contributed by atoms with Crippen LogP contribution in [0, 0.1) is 13.8 Å². The van der Waals surface area contributed by atoms with Crippen molar-refractivity contribution >= 4 is 49.3 Å². The van der Waals surface area contributed by atoms with Crippen LogP contribution in [-0.2, 0) is 0 Å². The van der Waals surface area contributed by atoms with Crippen molar-refractivity contribution in [1.29, 1.82) is 0 Å². The van der Waals surface area contributed by atoms with Crippen LogP contribution in [0.3, 0.4) is 0 Å². The molecule has 0 spiro atoms. The van der Waals surface area contributed by atoms with E-state index < -0.39 is 0 Å². The highest BCUT2D eigenvalue weighted by molar-refractivity contribution is 9.10. The molecule has 0 atom stereocenters. The molecule has 6 heteroatoms. The summed E-state index contributed by atoms with van der Waals surface area (Å²) in [6.45, 7) is 3.89. The second-order valence-electron chi connectivity index (χ2n) is 4.38. The monoisotopic (exact) mass is 350 g/mol. The first-order valence-electron chi connectivity index (χ1n) is 5.98. The van der Waals surface area contributed by atoms with Gasteiger partial charge in [0.25, 0.3) is 5.91 Å². The molecule has 1 N–H and O–H groups in total. The Bertz CT molecular complexity index is 787. The van der Waals surface area contributed by atoms with E-state index in [1.54, 1.807) is 6.07 Å². The summed E-state index contributed by atoms with van der Waals surface area (Å²) in [5, 5.41) is 4.23. The zero-order chi connectivity index (χ0) is 14.3. The van der Waals surface area contributed by atoms with Gasteiger partial charge in [0.1, 0.15) is 5.58 Å². The van der Waals surface area contributed by atoms with E-state index in [1.165, 1.54) is 11.3 Å². The van der Waals surface area contributed by atoms with Gasteiger partial charge in [-0.15, -0.1) is 11.3 Å². The van der Waals surface area contributed by atoms with E-state index in [0.717, 1.165) is 20.4 Å². The Kier molecular flexibility index (Phi) is 3.35. The number of fused-ring (bicyclic) bond motifs is 1. The summed E-state index contributed by atoms with van der Waals surface area (Å²) in [6.07, 6.45) is 0. The largest absolute Gasteiger partial charge is 0.450 e. The lowest BCUT2D eigenvalue weighted by molar-refractivity contribution is 0.0998. The van der Waals surface area contributed by atoms with Gasteiger partial charge in [-0.3, -0.25) is 10.1 Å². The average Bonchev–Trinajstić information content (AvgIpc) is 2.95. The third-order valence-electron chi connectivity index (χ3n) is 2.97. The van der Waals surface area contributed by atoms with Gasteiger partial charge in [0, 0.05) is 10.3 Å². The van der Waals surface area contributed by atoms with E-state index in [4.69, 9.17) is 4.42 Å². The van der Waals surface area contributed by atoms with Crippen molar-refractivity contribution in [2.24, 2.45) is 0 Å². The number of carbonyl (C=O) groups is 1. The van der Waals surface area contributed by atoms with Crippen molar-refractivity contribution < 1.29 is 9.21 Å². The molecule has 0 saturated heterocycles. The normalized spacial score (nSPS) is 10.9. The lowest BCUT2D eigenvalue weighted by Crippen LogP contribution is -2.10. The molecule has 0 aliphatic carbocycles. The summed E-state index contributed by atoms with van der Waals surface area (Å²) in [4.78, 5) is 17.5. The minimum Gasteiger partial charge on any atom is -0.450 e. The standard InChI is InChI=1S/C14H11BrN2O2S/c1-7-8(2)20-14(16-7)17-13(18)11-6-9-4-3-5-10(15)12(9)19-11/h3-6H,1-2H3,(H,16,17,18). The average molecular weight is 351 g/mol. The Labute approximate surface area is 127 Å². The van der Waals surface area contributed by atoms with Crippen LogP contribution in [0.15, 0.2) is 33.2 Å². The summed E-state index contributed by atoms with van der Waals surface area (Å²) in [5.41, 5.74) is 1.60. The maximum atomic E-state index is 12.2. The number of aromatic nitrogens is 1. The number of nitrogens with zero attached hydrogens (tertiary/aromatic N) is 1. The first kappa shape index (κ1) is 13.3. The van der Waals surface area contributed by atoms with Crippen LogP contribution >= 0.6 is 27.3 Å². The summed E-state index contributed by atoms with van der Waals surface area (Å²) < 4.78 is 6.42. The number of carbonyl (C=O) groups excluding carboxylic acids is 1. The number of hydrogen-bond donors (Lipinski definition) is 1. The minimum atomic E-state index is -0.290. The molecule has 0 unspecified atom stereocenters. The lowest BCUT2D eigenvalue weighted by Gasteiger charge is -1.97. The van der Waals surface area contributed by atoms with Gasteiger partial charge in [-0.25, -0.2) is 4.98 Å². The van der Waals surface area contributed by atoms with Crippen molar-refractivity contribution in [3.05, 3.63) is 45.1 Å². The van der Waals surface area contributed by atoms with Gasteiger partial charge in [-0.05, 0) is 41.9 Å². The first-order chi connectivity index (χ1) is 9.54. The zero-order valence-corrected chi connectivity index (χ0v) is 13.3. The van der Waals surface area contributed by atoms with Gasteiger partial charge in [-0.2, -0.15) is 0 Å². The number of furan rings is 1. The third-order valence-corrected chi connectivity index (χ3v) is 4.58. The Morgan fingerprint density at radius 2 is 2.20 bits per heavy atom. The Morgan fingerprint density at radius 1 is 1.40 bits per heavy atom. The fourth-order valence-corrected chi connectivity index (χ4v) is 3.10. The Morgan fingerprint density at radius 3 is 2.85 bits per heavy atom. The number of amides is 1. The number of anilines is 1. The molecule has 3 aromatic rings. The van der Waals surface area contributed by atoms with Gasteiger partial charge in [-0.1, -0.05) is 12.1 Å². The molecule has 3 rings (SSSR count). The second kappa shape index (κ2) is 5.03. The van der Waals surface area contributed by atoms with E-state index in [-0.39, 0.29) is 11.7 Å². The van der Waals surface area contributed by atoms with Gasteiger partial charge in [0.15, 0.2) is 10.9 Å². The van der Waals surface area contributed by atoms with Crippen LogP contribution in [0.1, 0.15) is 21.1 Å². The number of nitrogens with one attached hydrogen (secondary N) is 1. The van der Waals surface area contributed by atoms with E-state index >= 15 is 0 Å². The molecule has 0 saturated carbocycles. The summed E-state index contributed by atoms with van der Waals surface area (Å²) in [6, 6.07) is 7.40. The highest BCUT2D eigenvalue weighted by Crippen LogP contribution is 2.28. The van der Waals surface area contributed by atoms with Crippen LogP contribution in [0.5, 0.6) is 0 Å². The smallest absolute Gasteiger partial charge is 0.293 e. The van der Waals surface area contributed by atoms with Crippen molar-refractivity contribution in [2.75, 3.05) is 5.32 Å². The highest BCUT2D eigenvalue weighted by Gasteiger charge is 2.15. The fourth-order valence-electron chi connectivity index (χ4n) is 1.82. The molecular weight excluding hydrogens is 340 g/mol. The molecule has 0 radical (unpaired) electrons. The summed E-state index contributed by atoms with van der Waals surface area (Å²) in [5.74, 6) is -0.0146. The number of thiazole rings is 1. The number of aryl methyl sites for hydroxylation is 2. The van der Waals surface area contributed by atoms with Crippen LogP contribution in [-0.4, -0.2) is 10.9 Å². The molecule has 4 nitrogen and oxygen atoms in total. The molecule has 0 aliphatic rings. The van der Waals surface area contributed by atoms with Crippen LogP contribution in [0.2, 0.25) is 0 Å². The second-order valence-corrected chi connectivity index (χ2v) is 6.44. The first-order valence-corrected chi connectivity index (χ1v) is 7.59. The SMILES string of the molecule is Cc1nc(NC(=O)c2cc3cccc(Br)c3o2)sc1C. The van der Waals surface area contributed by atoms with Gasteiger partial charge in [0.05, 0.1) is 10.2 Å². The molecule has 102 valence electrons. The lowest BCUT2D eigenvalue weighted by atomic mass is 10.2. The van der Waals surface area contributed by atoms with E-state index in [0.29, 0.717) is 10.7 Å². The van der Waals surface area contributed by atoms with E-state index in [1.807, 2.05) is 32.0 Å². The molecule has 0 bridgehead atoms. The van der Waals surface area contributed by atoms with Crippen molar-refractivity contribution in [2.45, 2.75) is 13.8 Å². The quantitative estimate of drug-likeness (QED) is 0.739. The molecule has 2 heterocycles. The van der Waals surface area contributed by atoms with E-state index in [2.05, 4.69) is 26.2 Å². The van der Waals surface area contributed by atoms with E-state index in [9.17, 15) is 4.79 Å². The zero-order valence-electron chi connectivity index (χ0n) is 10.9. The predicted octanol–water partition coefficient (Wildman–Crippen LogP) is 4.52. The number of halogens is 1. The molecule has 0 aliphatic heterocycles. The number of hydrogen-bond acceptors (Lipinski definition) is 4. The molecule has 2 aromatic heterocycles. The maximum absolute atomic E-state index is 12.2. The summed E-state index contributed by atoms with van der Waals surface area (Å²) in [7, 11) is 0. The number of benzene rings is 1. The molecule has 1 amide bonds. The molecule has 0 fully saturated rings.